The summed E-state index contributed by atoms with van der Waals surface area (Å²) in [6, 6.07) is 1.28. The summed E-state index contributed by atoms with van der Waals surface area (Å²) in [5.41, 5.74) is 0.494. The van der Waals surface area contributed by atoms with Crippen LogP contribution < -0.4 is 5.32 Å². The number of carbonyl (C=O) groups excluding carboxylic acids is 4. The predicted octanol–water partition coefficient (Wildman–Crippen LogP) is 1.52. The number of ether oxygens (including phenoxy) is 2. The van der Waals surface area contributed by atoms with Gasteiger partial charge in [-0.25, -0.2) is 4.79 Å². The topological polar surface area (TPSA) is 122 Å². The summed E-state index contributed by atoms with van der Waals surface area (Å²) < 4.78 is 10.1. The molecule has 2 aliphatic rings. The first-order chi connectivity index (χ1) is 14.5. The van der Waals surface area contributed by atoms with Crippen LogP contribution in [0.5, 0.6) is 0 Å². The third kappa shape index (κ3) is 4.22. The average Bonchev–Trinajstić information content (AvgIpc) is 3.28. The van der Waals surface area contributed by atoms with Crippen molar-refractivity contribution in [2.75, 3.05) is 13.8 Å². The molecule has 10 heteroatoms. The molecule has 3 atom stereocenters. The van der Waals surface area contributed by atoms with Crippen LogP contribution in [0.2, 0.25) is 0 Å². The van der Waals surface area contributed by atoms with Crippen LogP contribution in [0.4, 0.5) is 0 Å². The van der Waals surface area contributed by atoms with Crippen LogP contribution in [0.15, 0.2) is 17.1 Å². The van der Waals surface area contributed by atoms with Crippen LogP contribution in [0, 0.1) is 11.3 Å². The molecule has 3 unspecified atom stereocenters. The van der Waals surface area contributed by atoms with Gasteiger partial charge in [0.25, 0.3) is 5.91 Å². The maximum absolute atomic E-state index is 12.9. The Kier molecular flexibility index (Phi) is 6.24. The van der Waals surface area contributed by atoms with Gasteiger partial charge in [0.2, 0.25) is 12.7 Å². The molecule has 9 nitrogen and oxygen atoms in total. The van der Waals surface area contributed by atoms with Crippen molar-refractivity contribution in [3.8, 4) is 0 Å². The normalized spacial score (nSPS) is 21.4. The number of hydrogen-bond acceptors (Lipinski definition) is 8. The Balaban J connectivity index is 1.86. The lowest BCUT2D eigenvalue weighted by Gasteiger charge is -2.44. The fourth-order valence-corrected chi connectivity index (χ4v) is 4.54. The highest BCUT2D eigenvalue weighted by Crippen LogP contribution is 2.47. The Morgan fingerprint density at radius 3 is 2.58 bits per heavy atom. The quantitative estimate of drug-likeness (QED) is 0.383. The van der Waals surface area contributed by atoms with E-state index in [1.54, 1.807) is 32.2 Å². The first kappa shape index (κ1) is 23.0. The molecule has 1 saturated heterocycles. The molecule has 1 fully saturated rings. The third-order valence-corrected chi connectivity index (χ3v) is 6.24. The van der Waals surface area contributed by atoms with Crippen molar-refractivity contribution < 1.29 is 33.8 Å². The molecular formula is C21H26N2O7S. The standard InChI is InChI=1S/C21H26N2O7S/c1-10(24)15-13-7-12(11-6-14(31-8-11)17(25)22-5)16(23(13)18(15)26)19(27)29-9-30-20(28)21(2,3)4/h6,8,10,13,15,24H,7,9H2,1-5H3,(H,22,25). The molecule has 0 spiro atoms. The zero-order chi connectivity index (χ0) is 23.1. The van der Waals surface area contributed by atoms with Gasteiger partial charge in [-0.3, -0.25) is 14.4 Å². The van der Waals surface area contributed by atoms with E-state index in [1.807, 2.05) is 0 Å². The predicted molar refractivity (Wildman–Crippen MR) is 112 cm³/mol. The van der Waals surface area contributed by atoms with Crippen LogP contribution in [-0.4, -0.2) is 59.7 Å². The number of carbonyl (C=O) groups is 4. The summed E-state index contributed by atoms with van der Waals surface area (Å²) in [5, 5.41) is 14.3. The smallest absolute Gasteiger partial charge is 0.358 e. The molecule has 2 aliphatic heterocycles. The number of nitrogens with one attached hydrogen (secondary N) is 1. The Morgan fingerprint density at radius 2 is 2.00 bits per heavy atom. The van der Waals surface area contributed by atoms with E-state index in [9.17, 15) is 24.3 Å². The number of β-lactam (4-membered cyclic amide) rings is 1. The molecule has 2 N–H and O–H groups in total. The van der Waals surface area contributed by atoms with E-state index in [-0.39, 0.29) is 23.6 Å². The number of aliphatic hydroxyl groups excluding tert-OH is 1. The van der Waals surface area contributed by atoms with Crippen molar-refractivity contribution >= 4 is 40.7 Å². The maximum atomic E-state index is 12.9. The number of nitrogens with zero attached hydrogens (tertiary/aromatic N) is 1. The van der Waals surface area contributed by atoms with Gasteiger partial charge >= 0.3 is 11.9 Å². The van der Waals surface area contributed by atoms with Gasteiger partial charge in [0.1, 0.15) is 5.70 Å². The number of fused-ring (bicyclic) bond motifs is 1. The molecule has 0 radical (unpaired) electrons. The molecule has 0 aromatic carbocycles. The Hall–Kier alpha value is -2.72. The second-order valence-corrected chi connectivity index (χ2v) is 9.49. The lowest BCUT2D eigenvalue weighted by atomic mass is 9.82. The molecule has 1 aromatic heterocycles. The van der Waals surface area contributed by atoms with Gasteiger partial charge in [-0.1, -0.05) is 0 Å². The first-order valence-electron chi connectivity index (χ1n) is 9.87. The van der Waals surface area contributed by atoms with E-state index < -0.39 is 36.2 Å². The summed E-state index contributed by atoms with van der Waals surface area (Å²) in [7, 11) is 1.52. The van der Waals surface area contributed by atoms with Crippen molar-refractivity contribution in [1.82, 2.24) is 10.2 Å². The molecule has 1 aromatic rings. The maximum Gasteiger partial charge on any atom is 0.358 e. The molecule has 31 heavy (non-hydrogen) atoms. The van der Waals surface area contributed by atoms with Crippen LogP contribution in [0.1, 0.15) is 49.4 Å². The summed E-state index contributed by atoms with van der Waals surface area (Å²) >= 11 is 1.22. The third-order valence-electron chi connectivity index (χ3n) is 5.31. The number of aliphatic hydroxyl groups is 1. The van der Waals surface area contributed by atoms with Crippen molar-refractivity contribution in [3.63, 3.8) is 0 Å². The van der Waals surface area contributed by atoms with Crippen molar-refractivity contribution in [1.29, 1.82) is 0 Å². The van der Waals surface area contributed by atoms with Gasteiger partial charge in [0.15, 0.2) is 0 Å². The summed E-state index contributed by atoms with van der Waals surface area (Å²) in [5.74, 6) is -2.56. The van der Waals surface area contributed by atoms with E-state index in [4.69, 9.17) is 9.47 Å². The fourth-order valence-electron chi connectivity index (χ4n) is 3.67. The van der Waals surface area contributed by atoms with Gasteiger partial charge in [-0.15, -0.1) is 11.3 Å². The second-order valence-electron chi connectivity index (χ2n) is 8.58. The highest BCUT2D eigenvalue weighted by Gasteiger charge is 2.57. The highest BCUT2D eigenvalue weighted by molar-refractivity contribution is 7.12. The summed E-state index contributed by atoms with van der Waals surface area (Å²) in [6.07, 6.45) is -0.515. The largest absolute Gasteiger partial charge is 0.427 e. The number of thiophene rings is 1. The lowest BCUT2D eigenvalue weighted by molar-refractivity contribution is -0.175. The second kappa shape index (κ2) is 8.43. The van der Waals surface area contributed by atoms with Crippen molar-refractivity contribution in [2.24, 2.45) is 11.3 Å². The molecule has 3 heterocycles. The monoisotopic (exact) mass is 450 g/mol. The lowest BCUT2D eigenvalue weighted by Crippen LogP contribution is -2.61. The van der Waals surface area contributed by atoms with Crippen LogP contribution in [0.25, 0.3) is 5.57 Å². The number of amides is 2. The molecule has 0 aliphatic carbocycles. The van der Waals surface area contributed by atoms with E-state index in [1.165, 1.54) is 30.2 Å². The van der Waals surface area contributed by atoms with E-state index in [0.29, 0.717) is 22.4 Å². The Labute approximate surface area is 184 Å². The van der Waals surface area contributed by atoms with E-state index in [0.717, 1.165) is 0 Å². The van der Waals surface area contributed by atoms with Crippen molar-refractivity contribution in [3.05, 3.63) is 27.6 Å². The minimum atomic E-state index is -0.859. The zero-order valence-electron chi connectivity index (χ0n) is 18.1. The van der Waals surface area contributed by atoms with Crippen molar-refractivity contribution in [2.45, 2.75) is 46.3 Å². The highest BCUT2D eigenvalue weighted by atomic mass is 32.1. The SMILES string of the molecule is CNC(=O)c1cc(C2=C(C(=O)OCOC(=O)C(C)(C)C)N3C(=O)C(C(C)O)C3C2)cs1. The van der Waals surface area contributed by atoms with Gasteiger partial charge in [0.05, 0.1) is 28.4 Å². The molecule has 0 saturated carbocycles. The molecule has 3 rings (SSSR count). The van der Waals surface area contributed by atoms with Crippen LogP contribution in [-0.2, 0) is 23.9 Å². The Bertz CT molecular complexity index is 957. The Morgan fingerprint density at radius 1 is 1.32 bits per heavy atom. The minimum Gasteiger partial charge on any atom is -0.427 e. The molecule has 168 valence electrons. The van der Waals surface area contributed by atoms with Gasteiger partial charge in [-0.2, -0.15) is 0 Å². The number of hydrogen-bond donors (Lipinski definition) is 2. The molecule has 2 amide bonds. The first-order valence-corrected chi connectivity index (χ1v) is 10.7. The van der Waals surface area contributed by atoms with Gasteiger partial charge < -0.3 is 24.8 Å². The average molecular weight is 451 g/mol. The zero-order valence-corrected chi connectivity index (χ0v) is 18.9. The minimum absolute atomic E-state index is 0.0555. The van der Waals surface area contributed by atoms with Crippen LogP contribution >= 0.6 is 11.3 Å². The van der Waals surface area contributed by atoms with E-state index >= 15 is 0 Å². The summed E-state index contributed by atoms with van der Waals surface area (Å²) in [6.45, 7) is 5.99. The fraction of sp³-hybridized carbons (Fsp3) is 0.524. The summed E-state index contributed by atoms with van der Waals surface area (Å²) in [4.78, 5) is 51.1. The van der Waals surface area contributed by atoms with Crippen LogP contribution in [0.3, 0.4) is 0 Å². The number of esters is 2. The van der Waals surface area contributed by atoms with E-state index in [2.05, 4.69) is 5.32 Å². The van der Waals surface area contributed by atoms with Gasteiger partial charge in [0, 0.05) is 7.05 Å². The molecular weight excluding hydrogens is 424 g/mol. The molecule has 0 bridgehead atoms. The van der Waals surface area contributed by atoms with Gasteiger partial charge in [-0.05, 0) is 56.7 Å². The number of rotatable bonds is 6.